The van der Waals surface area contributed by atoms with Crippen LogP contribution in [0.4, 0.5) is 10.1 Å². The lowest BCUT2D eigenvalue weighted by Gasteiger charge is -2.14. The van der Waals surface area contributed by atoms with Crippen molar-refractivity contribution in [3.05, 3.63) is 112 Å². The van der Waals surface area contributed by atoms with E-state index in [4.69, 9.17) is 0 Å². The van der Waals surface area contributed by atoms with Crippen LogP contribution in [0.3, 0.4) is 0 Å². The number of fused-ring (bicyclic) bond motifs is 3. The van der Waals surface area contributed by atoms with Gasteiger partial charge in [-0.05, 0) is 60.5 Å². The summed E-state index contributed by atoms with van der Waals surface area (Å²) in [6, 6.07) is 20.7. The summed E-state index contributed by atoms with van der Waals surface area (Å²) >= 11 is 0. The van der Waals surface area contributed by atoms with Gasteiger partial charge >= 0.3 is 0 Å². The van der Waals surface area contributed by atoms with Crippen molar-refractivity contribution in [3.8, 4) is 0 Å². The molecule has 2 aromatic heterocycles. The topological polar surface area (TPSA) is 68.4 Å². The number of hydrogen-bond donors (Lipinski definition) is 1. The molecule has 158 valence electrons. The smallest absolute Gasteiger partial charge is 0.277 e. The molecule has 5 rings (SSSR count). The lowest BCUT2D eigenvalue weighted by atomic mass is 10.1. The summed E-state index contributed by atoms with van der Waals surface area (Å²) in [5, 5.41) is 7.10. The molecule has 5 aromatic rings. The molecule has 0 aliphatic heterocycles. The fourth-order valence-electron chi connectivity index (χ4n) is 3.85. The first-order valence-corrected chi connectivity index (χ1v) is 10.1. The summed E-state index contributed by atoms with van der Waals surface area (Å²) < 4.78 is 16.6. The molecule has 3 aromatic carbocycles. The third kappa shape index (κ3) is 3.43. The van der Waals surface area contributed by atoms with Crippen LogP contribution in [0.2, 0.25) is 0 Å². The molecule has 0 fully saturated rings. The Morgan fingerprint density at radius 2 is 1.78 bits per heavy atom. The Morgan fingerprint density at radius 3 is 2.56 bits per heavy atom. The molecule has 0 saturated carbocycles. The van der Waals surface area contributed by atoms with E-state index in [9.17, 15) is 14.0 Å². The number of rotatable bonds is 4. The van der Waals surface area contributed by atoms with Gasteiger partial charge in [0.1, 0.15) is 11.3 Å². The Bertz CT molecular complexity index is 1540. The lowest BCUT2D eigenvalue weighted by molar-refractivity contribution is 0.102. The summed E-state index contributed by atoms with van der Waals surface area (Å²) in [6.45, 7) is 2.09. The van der Waals surface area contributed by atoms with Gasteiger partial charge in [0.05, 0.1) is 23.8 Å². The van der Waals surface area contributed by atoms with E-state index >= 15 is 0 Å². The molecule has 0 aliphatic carbocycles. The van der Waals surface area contributed by atoms with Crippen molar-refractivity contribution < 1.29 is 9.18 Å². The minimum absolute atomic E-state index is 0.189. The number of carbonyl (C=O) groups is 1. The zero-order chi connectivity index (χ0) is 22.2. The highest BCUT2D eigenvalue weighted by Crippen LogP contribution is 2.20. The Hall–Kier alpha value is -4.26. The third-order valence-electron chi connectivity index (χ3n) is 5.48. The second-order valence-corrected chi connectivity index (χ2v) is 7.62. The molecule has 0 atom stereocenters. The second-order valence-electron chi connectivity index (χ2n) is 7.62. The molecule has 0 bridgehead atoms. The van der Waals surface area contributed by atoms with Crippen molar-refractivity contribution in [3.63, 3.8) is 0 Å². The molecule has 0 spiro atoms. The molecule has 32 heavy (non-hydrogen) atoms. The summed E-state index contributed by atoms with van der Waals surface area (Å²) in [5.74, 6) is -0.708. The van der Waals surface area contributed by atoms with Crippen molar-refractivity contribution in [2.24, 2.45) is 0 Å². The van der Waals surface area contributed by atoms with Crippen LogP contribution in [0.25, 0.3) is 16.6 Å². The van der Waals surface area contributed by atoms with E-state index in [1.807, 2.05) is 30.3 Å². The standard InChI is InChI=1S/C25H19FN4O2/c1-16-13-19(26)8-9-20(16)28-24(31)18-7-10-21-23(14-18)29(15-17-5-3-2-4-6-17)25(32)22-11-12-27-30(21)22/h2-14H,15H2,1H3,(H,28,31). The Kier molecular flexibility index (Phi) is 4.78. The van der Waals surface area contributed by atoms with Gasteiger partial charge in [0.25, 0.3) is 11.5 Å². The molecule has 0 saturated heterocycles. The van der Waals surface area contributed by atoms with Crippen molar-refractivity contribution >= 4 is 28.1 Å². The number of amides is 1. The Morgan fingerprint density at radius 1 is 0.969 bits per heavy atom. The van der Waals surface area contributed by atoms with Crippen LogP contribution in [0, 0.1) is 12.7 Å². The van der Waals surface area contributed by atoms with Crippen LogP contribution in [0.1, 0.15) is 21.5 Å². The fraction of sp³-hybridized carbons (Fsp3) is 0.0800. The van der Waals surface area contributed by atoms with E-state index in [0.29, 0.717) is 34.4 Å². The zero-order valence-corrected chi connectivity index (χ0v) is 17.2. The number of carbonyl (C=O) groups excluding carboxylic acids is 1. The summed E-state index contributed by atoms with van der Waals surface area (Å²) in [7, 11) is 0. The number of nitrogens with one attached hydrogen (secondary N) is 1. The minimum Gasteiger partial charge on any atom is -0.322 e. The molecule has 0 unspecified atom stereocenters. The molecule has 0 radical (unpaired) electrons. The molecule has 1 amide bonds. The highest BCUT2D eigenvalue weighted by molar-refractivity contribution is 6.06. The predicted octanol–water partition coefficient (Wildman–Crippen LogP) is 4.40. The number of nitrogens with zero attached hydrogens (tertiary/aromatic N) is 3. The van der Waals surface area contributed by atoms with Gasteiger partial charge in [-0.3, -0.25) is 9.59 Å². The molecular weight excluding hydrogens is 407 g/mol. The van der Waals surface area contributed by atoms with Crippen LogP contribution >= 0.6 is 0 Å². The van der Waals surface area contributed by atoms with Crippen molar-refractivity contribution in [2.45, 2.75) is 13.5 Å². The van der Waals surface area contributed by atoms with E-state index in [1.165, 1.54) is 18.2 Å². The second kappa shape index (κ2) is 7.77. The third-order valence-corrected chi connectivity index (χ3v) is 5.48. The summed E-state index contributed by atoms with van der Waals surface area (Å²) in [4.78, 5) is 26.2. The van der Waals surface area contributed by atoms with Crippen LogP contribution in [0.5, 0.6) is 0 Å². The van der Waals surface area contributed by atoms with E-state index in [0.717, 1.165) is 11.1 Å². The van der Waals surface area contributed by atoms with Crippen molar-refractivity contribution in [1.29, 1.82) is 0 Å². The molecule has 2 heterocycles. The van der Waals surface area contributed by atoms with E-state index in [-0.39, 0.29) is 17.3 Å². The predicted molar refractivity (Wildman–Crippen MR) is 122 cm³/mol. The number of benzene rings is 3. The number of aromatic nitrogens is 3. The highest BCUT2D eigenvalue weighted by atomic mass is 19.1. The van der Waals surface area contributed by atoms with Crippen LogP contribution in [-0.4, -0.2) is 20.1 Å². The molecule has 0 aliphatic rings. The number of hydrogen-bond acceptors (Lipinski definition) is 3. The lowest BCUT2D eigenvalue weighted by Crippen LogP contribution is -2.24. The van der Waals surface area contributed by atoms with Crippen LogP contribution < -0.4 is 10.9 Å². The Balaban J connectivity index is 1.63. The minimum atomic E-state index is -0.362. The SMILES string of the molecule is Cc1cc(F)ccc1NC(=O)c1ccc2c(c1)n(Cc1ccccc1)c(=O)c1ccnn12. The van der Waals surface area contributed by atoms with E-state index in [2.05, 4.69) is 10.4 Å². The first-order valence-electron chi connectivity index (χ1n) is 10.1. The first-order chi connectivity index (χ1) is 15.5. The van der Waals surface area contributed by atoms with Gasteiger partial charge in [0, 0.05) is 11.3 Å². The van der Waals surface area contributed by atoms with Gasteiger partial charge in [0.15, 0.2) is 0 Å². The normalized spacial score (nSPS) is 11.2. The van der Waals surface area contributed by atoms with E-state index < -0.39 is 0 Å². The maximum absolute atomic E-state index is 13.4. The highest BCUT2D eigenvalue weighted by Gasteiger charge is 2.15. The summed E-state index contributed by atoms with van der Waals surface area (Å²) in [5.41, 5.74) is 4.09. The average molecular weight is 426 g/mol. The van der Waals surface area contributed by atoms with Crippen LogP contribution in [-0.2, 0) is 6.54 Å². The zero-order valence-electron chi connectivity index (χ0n) is 17.2. The average Bonchev–Trinajstić information content (AvgIpc) is 3.29. The van der Waals surface area contributed by atoms with Crippen molar-refractivity contribution in [2.75, 3.05) is 5.32 Å². The van der Waals surface area contributed by atoms with Gasteiger partial charge in [-0.25, -0.2) is 8.91 Å². The maximum atomic E-state index is 13.4. The van der Waals surface area contributed by atoms with Gasteiger partial charge in [0.2, 0.25) is 0 Å². The Labute approximate surface area is 182 Å². The molecule has 6 nitrogen and oxygen atoms in total. The molecule has 1 N–H and O–H groups in total. The maximum Gasteiger partial charge on any atom is 0.277 e. The largest absolute Gasteiger partial charge is 0.322 e. The number of halogens is 1. The summed E-state index contributed by atoms with van der Waals surface area (Å²) in [6.07, 6.45) is 1.58. The van der Waals surface area contributed by atoms with Gasteiger partial charge in [-0.15, -0.1) is 0 Å². The molecular formula is C25H19FN4O2. The fourth-order valence-corrected chi connectivity index (χ4v) is 3.85. The van der Waals surface area contributed by atoms with Gasteiger partial charge in [-0.1, -0.05) is 30.3 Å². The number of aryl methyl sites for hydroxylation is 1. The molecule has 7 heteroatoms. The van der Waals surface area contributed by atoms with Crippen LogP contribution in [0.15, 0.2) is 83.8 Å². The quantitative estimate of drug-likeness (QED) is 0.463. The first kappa shape index (κ1) is 19.7. The van der Waals surface area contributed by atoms with Gasteiger partial charge in [-0.2, -0.15) is 5.10 Å². The van der Waals surface area contributed by atoms with Gasteiger partial charge < -0.3 is 9.88 Å². The number of anilines is 1. The monoisotopic (exact) mass is 426 g/mol. The van der Waals surface area contributed by atoms with Crippen molar-refractivity contribution in [1.82, 2.24) is 14.2 Å². The van der Waals surface area contributed by atoms with E-state index in [1.54, 1.807) is 46.5 Å².